The third-order valence-electron chi connectivity index (χ3n) is 9.35. The second-order valence-electron chi connectivity index (χ2n) is 12.7. The molecule has 4 amide bonds. The number of carbonyl (C=O) groups is 5. The molecule has 14 heteroatoms. The number of carboxylic acids is 1. The van der Waals surface area contributed by atoms with Gasteiger partial charge >= 0.3 is 12.1 Å². The molecule has 276 valence electrons. The topological polar surface area (TPSA) is 161 Å². The van der Waals surface area contributed by atoms with E-state index in [1.165, 1.54) is 4.90 Å². The molecule has 3 saturated heterocycles. The average Bonchev–Trinajstić information content (AvgIpc) is 3.84. The van der Waals surface area contributed by atoms with E-state index in [0.29, 0.717) is 42.5 Å². The van der Waals surface area contributed by atoms with Gasteiger partial charge in [0.1, 0.15) is 29.6 Å². The largest absolute Gasteiger partial charge is 0.497 e. The highest BCUT2D eigenvalue weighted by molar-refractivity contribution is 5.98. The lowest BCUT2D eigenvalue weighted by atomic mass is 10.0. The van der Waals surface area contributed by atoms with E-state index < -0.39 is 23.9 Å². The van der Waals surface area contributed by atoms with Crippen molar-refractivity contribution >= 4 is 29.8 Å². The van der Waals surface area contributed by atoms with Crippen molar-refractivity contribution in [3.05, 3.63) is 83.4 Å². The minimum Gasteiger partial charge on any atom is -0.497 e. The Hall–Kier alpha value is -5.79. The van der Waals surface area contributed by atoms with Crippen molar-refractivity contribution in [1.29, 1.82) is 0 Å². The molecule has 3 aliphatic rings. The summed E-state index contributed by atoms with van der Waals surface area (Å²) < 4.78 is 26.2. The molecule has 3 aromatic carbocycles. The maximum atomic E-state index is 13.2. The predicted molar refractivity (Wildman–Crippen MR) is 186 cm³/mol. The van der Waals surface area contributed by atoms with E-state index in [1.807, 2.05) is 42.5 Å². The van der Waals surface area contributed by atoms with Gasteiger partial charge in [0.25, 0.3) is 0 Å². The van der Waals surface area contributed by atoms with Gasteiger partial charge in [0.2, 0.25) is 17.7 Å². The Morgan fingerprint density at radius 3 is 1.73 bits per heavy atom. The molecule has 0 radical (unpaired) electrons. The smallest absolute Gasteiger partial charge is 0.416 e. The summed E-state index contributed by atoms with van der Waals surface area (Å²) >= 11 is 0. The number of carbonyl (C=O) groups excluding carboxylic acids is 4. The van der Waals surface area contributed by atoms with Crippen molar-refractivity contribution in [2.75, 3.05) is 48.1 Å². The van der Waals surface area contributed by atoms with Crippen molar-refractivity contribution in [2.45, 2.75) is 38.4 Å². The predicted octanol–water partition coefficient (Wildman–Crippen LogP) is 3.78. The second kappa shape index (κ2) is 16.9. The maximum Gasteiger partial charge on any atom is 0.416 e. The Balaban J connectivity index is 0.000000225. The number of methoxy groups -OCH3 is 4. The number of cyclic esters (lactones) is 1. The van der Waals surface area contributed by atoms with Crippen LogP contribution in [0.2, 0.25) is 0 Å². The summed E-state index contributed by atoms with van der Waals surface area (Å²) in [7, 11) is 6.24. The molecular weight excluding hydrogens is 674 g/mol. The summed E-state index contributed by atoms with van der Waals surface area (Å²) in [6, 6.07) is 20.0. The van der Waals surface area contributed by atoms with Crippen LogP contribution in [0.3, 0.4) is 0 Å². The molecule has 1 N–H and O–H groups in total. The Morgan fingerprint density at radius 2 is 1.25 bits per heavy atom. The fraction of sp³-hybridized carbons (Fsp3) is 0.395. The number of nitrogens with zero attached hydrogens (tertiary/aromatic N) is 3. The fourth-order valence-corrected chi connectivity index (χ4v) is 6.52. The van der Waals surface area contributed by atoms with Gasteiger partial charge in [0.15, 0.2) is 0 Å². The lowest BCUT2D eigenvalue weighted by Gasteiger charge is -2.23. The molecule has 0 bridgehead atoms. The van der Waals surface area contributed by atoms with Gasteiger partial charge in [-0.1, -0.05) is 30.3 Å². The van der Waals surface area contributed by atoms with Crippen molar-refractivity contribution in [3.63, 3.8) is 0 Å². The number of ether oxygens (including phenoxy) is 5. The van der Waals surface area contributed by atoms with E-state index in [1.54, 1.807) is 62.5 Å². The summed E-state index contributed by atoms with van der Waals surface area (Å²) in [4.78, 5) is 65.3. The standard InChI is InChI=1S/C24H26N2O6.C14H17NO5/c1-30-20-9-8-17(21(12-20)31-2)13-25-14-18(11-22(25)27)23(28)26-19(15-32-24(26)29)10-16-6-4-3-5-7-16;1-19-11-4-3-9(12(6-11)20-2)7-15-8-10(14(17)18)5-13(15)16/h3-9,12,18-19H,10-11,13-15H2,1-2H3;3-4,6,10H,5,7-8H2,1-2H3,(H,17,18)/t18?,19-;/m1./s1. The van der Waals surface area contributed by atoms with Gasteiger partial charge in [0, 0.05) is 62.3 Å². The van der Waals surface area contributed by atoms with Crippen LogP contribution in [0.4, 0.5) is 4.79 Å². The van der Waals surface area contributed by atoms with Crippen molar-refractivity contribution in [2.24, 2.45) is 11.8 Å². The van der Waals surface area contributed by atoms with E-state index in [2.05, 4.69) is 0 Å². The van der Waals surface area contributed by atoms with Gasteiger partial charge < -0.3 is 38.6 Å². The summed E-state index contributed by atoms with van der Waals surface area (Å²) in [5.74, 6) is -0.210. The zero-order valence-electron chi connectivity index (χ0n) is 29.6. The number of amides is 4. The number of rotatable bonds is 12. The normalized spacial score (nSPS) is 19.6. The molecule has 6 rings (SSSR count). The van der Waals surface area contributed by atoms with Gasteiger partial charge in [-0.05, 0) is 36.2 Å². The van der Waals surface area contributed by atoms with Gasteiger partial charge in [-0.15, -0.1) is 0 Å². The van der Waals surface area contributed by atoms with Crippen LogP contribution in [0.15, 0.2) is 66.7 Å². The molecule has 2 unspecified atom stereocenters. The quantitative estimate of drug-likeness (QED) is 0.290. The van der Waals surface area contributed by atoms with Crippen LogP contribution in [-0.2, 0) is 43.4 Å². The highest BCUT2D eigenvalue weighted by Crippen LogP contribution is 2.31. The molecule has 3 atom stereocenters. The Kier molecular flexibility index (Phi) is 12.2. The SMILES string of the molecule is COc1ccc(CN2CC(C(=O)N3C(=O)OC[C@H]3Cc3ccccc3)CC2=O)c(OC)c1.COc1ccc(CN2CC(C(=O)O)CC2=O)c(OC)c1. The molecule has 0 spiro atoms. The number of likely N-dealkylation sites (tertiary alicyclic amines) is 2. The van der Waals surface area contributed by atoms with E-state index in [0.717, 1.165) is 16.7 Å². The van der Waals surface area contributed by atoms with E-state index >= 15 is 0 Å². The van der Waals surface area contributed by atoms with Crippen molar-refractivity contribution < 1.29 is 52.8 Å². The Bertz CT molecular complexity index is 1780. The number of imide groups is 1. The molecule has 0 saturated carbocycles. The fourth-order valence-electron chi connectivity index (χ4n) is 6.52. The van der Waals surface area contributed by atoms with E-state index in [4.69, 9.17) is 28.8 Å². The number of hydrogen-bond donors (Lipinski definition) is 1. The molecule has 3 aromatic rings. The van der Waals surface area contributed by atoms with Crippen LogP contribution in [0, 0.1) is 11.8 Å². The molecule has 3 heterocycles. The average molecular weight is 718 g/mol. The first-order valence-electron chi connectivity index (χ1n) is 16.8. The zero-order valence-corrected chi connectivity index (χ0v) is 29.6. The van der Waals surface area contributed by atoms with E-state index in [9.17, 15) is 24.0 Å². The van der Waals surface area contributed by atoms with Gasteiger partial charge in [-0.2, -0.15) is 0 Å². The van der Waals surface area contributed by atoms with Crippen LogP contribution in [-0.4, -0.2) is 104 Å². The Labute approximate surface area is 301 Å². The van der Waals surface area contributed by atoms with Gasteiger partial charge in [0.05, 0.1) is 46.3 Å². The second-order valence-corrected chi connectivity index (χ2v) is 12.7. The molecule has 52 heavy (non-hydrogen) atoms. The Morgan fingerprint density at radius 1 is 0.731 bits per heavy atom. The minimum atomic E-state index is -0.928. The minimum absolute atomic E-state index is 0.0633. The van der Waals surface area contributed by atoms with Crippen LogP contribution in [0.5, 0.6) is 23.0 Å². The third kappa shape index (κ3) is 8.74. The van der Waals surface area contributed by atoms with Gasteiger partial charge in [-0.25, -0.2) is 9.69 Å². The monoisotopic (exact) mass is 717 g/mol. The molecule has 14 nitrogen and oxygen atoms in total. The van der Waals surface area contributed by atoms with Gasteiger partial charge in [-0.3, -0.25) is 19.2 Å². The summed E-state index contributed by atoms with van der Waals surface area (Å²) in [6.45, 7) is 1.30. The molecule has 3 fully saturated rings. The number of aliphatic carboxylic acids is 1. The number of hydrogen-bond acceptors (Lipinski definition) is 10. The summed E-state index contributed by atoms with van der Waals surface area (Å²) in [5, 5.41) is 8.96. The third-order valence-corrected chi connectivity index (χ3v) is 9.35. The summed E-state index contributed by atoms with van der Waals surface area (Å²) in [5.41, 5.74) is 2.66. The first kappa shape index (κ1) is 37.5. The van der Waals surface area contributed by atoms with Crippen LogP contribution >= 0.6 is 0 Å². The number of carboxylic acid groups (broad SMARTS) is 1. The summed E-state index contributed by atoms with van der Waals surface area (Å²) in [6.07, 6.45) is 0.0113. The first-order valence-corrected chi connectivity index (χ1v) is 16.8. The molecule has 0 aliphatic carbocycles. The lowest BCUT2D eigenvalue weighted by Crippen LogP contribution is -2.44. The van der Waals surface area contributed by atoms with Crippen LogP contribution in [0.1, 0.15) is 29.5 Å². The lowest BCUT2D eigenvalue weighted by molar-refractivity contribution is -0.141. The van der Waals surface area contributed by atoms with Crippen LogP contribution in [0.25, 0.3) is 0 Å². The first-order chi connectivity index (χ1) is 25.0. The van der Waals surface area contributed by atoms with Crippen molar-refractivity contribution in [3.8, 4) is 23.0 Å². The molecule has 0 aromatic heterocycles. The highest BCUT2D eigenvalue weighted by Gasteiger charge is 2.44. The van der Waals surface area contributed by atoms with Crippen LogP contribution < -0.4 is 18.9 Å². The van der Waals surface area contributed by atoms with E-state index in [-0.39, 0.29) is 56.3 Å². The number of benzene rings is 3. The van der Waals surface area contributed by atoms with Crippen molar-refractivity contribution in [1.82, 2.24) is 14.7 Å². The zero-order chi connectivity index (χ0) is 37.4. The highest BCUT2D eigenvalue weighted by atomic mass is 16.6. The molecular formula is C38H43N3O11. The molecule has 3 aliphatic heterocycles. The maximum absolute atomic E-state index is 13.2.